The van der Waals surface area contributed by atoms with Crippen molar-refractivity contribution in [3.63, 3.8) is 0 Å². The van der Waals surface area contributed by atoms with Gasteiger partial charge >= 0.3 is 0 Å². The van der Waals surface area contributed by atoms with Crippen LogP contribution in [-0.2, 0) is 5.75 Å². The van der Waals surface area contributed by atoms with Crippen LogP contribution in [0, 0.1) is 0 Å². The fourth-order valence-electron chi connectivity index (χ4n) is 1.09. The molecule has 0 unspecified atom stereocenters. The lowest BCUT2D eigenvalue weighted by atomic mass is 10.2. The molecule has 3 nitrogen and oxygen atoms in total. The summed E-state index contributed by atoms with van der Waals surface area (Å²) >= 11 is 1.28. The number of hydrogen-bond donors (Lipinski definition) is 1. The molecular weight excluding hydrogens is 160 g/mol. The second-order valence-corrected chi connectivity index (χ2v) is 3.25. The van der Waals surface area contributed by atoms with Gasteiger partial charge in [0.05, 0.1) is 5.56 Å². The van der Waals surface area contributed by atoms with Gasteiger partial charge in [-0.25, -0.2) is 4.98 Å². The van der Waals surface area contributed by atoms with Crippen molar-refractivity contribution in [2.45, 2.75) is 5.75 Å². The highest BCUT2D eigenvalue weighted by molar-refractivity contribution is 8.14. The Morgan fingerprint density at radius 3 is 3.18 bits per heavy atom. The summed E-state index contributed by atoms with van der Waals surface area (Å²) in [6, 6.07) is 1.84. The van der Waals surface area contributed by atoms with Gasteiger partial charge in [-0.2, -0.15) is 0 Å². The van der Waals surface area contributed by atoms with Gasteiger partial charge in [-0.1, -0.05) is 11.8 Å². The Hall–Kier alpha value is -1.03. The lowest BCUT2D eigenvalue weighted by Crippen LogP contribution is -1.99. The molecule has 0 aliphatic carbocycles. The second kappa shape index (κ2) is 2.23. The highest BCUT2D eigenvalue weighted by Crippen LogP contribution is 2.31. The van der Waals surface area contributed by atoms with Crippen molar-refractivity contribution in [3.05, 3.63) is 23.4 Å². The summed E-state index contributed by atoms with van der Waals surface area (Å²) in [5, 5.41) is 0.0469. The second-order valence-electron chi connectivity index (χ2n) is 2.31. The van der Waals surface area contributed by atoms with Crippen LogP contribution in [0.5, 0.6) is 0 Å². The summed E-state index contributed by atoms with van der Waals surface area (Å²) < 4.78 is 0. The van der Waals surface area contributed by atoms with Gasteiger partial charge in [0.15, 0.2) is 0 Å². The SMILES string of the molecule is Nc1nccc2c1C(=O)SC2. The average molecular weight is 166 g/mol. The number of pyridine rings is 1. The molecule has 0 bridgehead atoms. The van der Waals surface area contributed by atoms with Gasteiger partial charge < -0.3 is 5.73 Å². The lowest BCUT2D eigenvalue weighted by Gasteiger charge is -1.97. The standard InChI is InChI=1S/C7H6N2OS/c8-6-5-4(1-2-9-6)3-11-7(5)10/h1-2H,3H2,(H2,8,9). The van der Waals surface area contributed by atoms with Gasteiger partial charge in [-0.15, -0.1) is 0 Å². The molecule has 0 spiro atoms. The molecule has 0 fully saturated rings. The van der Waals surface area contributed by atoms with E-state index in [-0.39, 0.29) is 5.12 Å². The molecule has 1 aromatic rings. The minimum atomic E-state index is 0.0469. The molecule has 0 atom stereocenters. The number of thioether (sulfide) groups is 1. The molecule has 0 aromatic carbocycles. The zero-order valence-electron chi connectivity index (χ0n) is 5.70. The molecule has 1 aliphatic rings. The van der Waals surface area contributed by atoms with E-state index in [1.807, 2.05) is 6.07 Å². The minimum absolute atomic E-state index is 0.0469. The monoisotopic (exact) mass is 166 g/mol. The van der Waals surface area contributed by atoms with Crippen molar-refractivity contribution in [2.24, 2.45) is 0 Å². The number of carbonyl (C=O) groups excluding carboxylic acids is 1. The van der Waals surface area contributed by atoms with Crippen LogP contribution in [0.2, 0.25) is 0 Å². The van der Waals surface area contributed by atoms with Crippen molar-refractivity contribution >= 4 is 22.7 Å². The van der Waals surface area contributed by atoms with Crippen LogP contribution >= 0.6 is 11.8 Å². The Bertz CT molecular complexity index is 324. The Morgan fingerprint density at radius 1 is 1.64 bits per heavy atom. The minimum Gasteiger partial charge on any atom is -0.383 e. The molecule has 0 saturated heterocycles. The summed E-state index contributed by atoms with van der Waals surface area (Å²) in [4.78, 5) is 15.0. The van der Waals surface area contributed by atoms with Crippen molar-refractivity contribution in [1.82, 2.24) is 4.98 Å². The van der Waals surface area contributed by atoms with Crippen LogP contribution < -0.4 is 5.73 Å². The van der Waals surface area contributed by atoms with E-state index in [0.29, 0.717) is 11.4 Å². The summed E-state index contributed by atoms with van der Waals surface area (Å²) in [5.41, 5.74) is 7.13. The van der Waals surface area contributed by atoms with E-state index in [4.69, 9.17) is 5.73 Å². The fraction of sp³-hybridized carbons (Fsp3) is 0.143. The predicted octanol–water partition coefficient (Wildman–Crippen LogP) is 1.05. The van der Waals surface area contributed by atoms with Crippen LogP contribution in [0.15, 0.2) is 12.3 Å². The van der Waals surface area contributed by atoms with Crippen molar-refractivity contribution in [2.75, 3.05) is 5.73 Å². The van der Waals surface area contributed by atoms with E-state index in [0.717, 1.165) is 11.3 Å². The number of rotatable bonds is 0. The highest BCUT2D eigenvalue weighted by atomic mass is 32.2. The molecule has 1 aromatic heterocycles. The first-order chi connectivity index (χ1) is 5.29. The van der Waals surface area contributed by atoms with Crippen LogP contribution in [0.25, 0.3) is 0 Å². The van der Waals surface area contributed by atoms with E-state index in [1.54, 1.807) is 6.20 Å². The number of fused-ring (bicyclic) bond motifs is 1. The molecule has 1 aliphatic heterocycles. The maximum atomic E-state index is 11.1. The van der Waals surface area contributed by atoms with Crippen LogP contribution in [0.3, 0.4) is 0 Å². The van der Waals surface area contributed by atoms with Crippen LogP contribution in [-0.4, -0.2) is 10.1 Å². The molecule has 0 saturated carbocycles. The lowest BCUT2D eigenvalue weighted by molar-refractivity contribution is 0.109. The Labute approximate surface area is 68.0 Å². The Kier molecular flexibility index (Phi) is 1.35. The first kappa shape index (κ1) is 6.67. The number of nitrogens with zero attached hydrogens (tertiary/aromatic N) is 1. The Balaban J connectivity index is 2.68. The maximum absolute atomic E-state index is 11.1. The third kappa shape index (κ3) is 0.903. The van der Waals surface area contributed by atoms with Gasteiger partial charge in [0, 0.05) is 11.9 Å². The largest absolute Gasteiger partial charge is 0.383 e. The van der Waals surface area contributed by atoms with E-state index in [9.17, 15) is 4.79 Å². The van der Waals surface area contributed by atoms with Crippen molar-refractivity contribution in [3.8, 4) is 0 Å². The van der Waals surface area contributed by atoms with Gasteiger partial charge in [0.25, 0.3) is 0 Å². The molecule has 0 radical (unpaired) electrons. The molecule has 4 heteroatoms. The predicted molar refractivity (Wildman–Crippen MR) is 44.3 cm³/mol. The third-order valence-corrected chi connectivity index (χ3v) is 2.55. The number of nitrogen functional groups attached to an aromatic ring is 1. The summed E-state index contributed by atoms with van der Waals surface area (Å²) in [6.45, 7) is 0. The molecule has 2 N–H and O–H groups in total. The average Bonchev–Trinajstić information content (AvgIpc) is 2.34. The topological polar surface area (TPSA) is 56.0 Å². The normalized spacial score (nSPS) is 15.1. The van der Waals surface area contributed by atoms with Gasteiger partial charge in [0.1, 0.15) is 5.82 Å². The molecule has 2 heterocycles. The zero-order valence-corrected chi connectivity index (χ0v) is 6.52. The number of anilines is 1. The number of carbonyl (C=O) groups is 1. The van der Waals surface area contributed by atoms with Crippen LogP contribution in [0.1, 0.15) is 15.9 Å². The van der Waals surface area contributed by atoms with E-state index < -0.39 is 0 Å². The number of hydrogen-bond acceptors (Lipinski definition) is 4. The van der Waals surface area contributed by atoms with E-state index in [1.165, 1.54) is 11.8 Å². The van der Waals surface area contributed by atoms with Crippen LogP contribution in [0.4, 0.5) is 5.82 Å². The van der Waals surface area contributed by atoms with Gasteiger partial charge in [-0.05, 0) is 11.6 Å². The molecule has 11 heavy (non-hydrogen) atoms. The van der Waals surface area contributed by atoms with Gasteiger partial charge in [-0.3, -0.25) is 4.79 Å². The van der Waals surface area contributed by atoms with Crippen molar-refractivity contribution in [1.29, 1.82) is 0 Å². The highest BCUT2D eigenvalue weighted by Gasteiger charge is 2.22. The fourth-order valence-corrected chi connectivity index (χ4v) is 2.00. The van der Waals surface area contributed by atoms with E-state index in [2.05, 4.69) is 4.98 Å². The van der Waals surface area contributed by atoms with Crippen molar-refractivity contribution < 1.29 is 4.79 Å². The molecule has 2 rings (SSSR count). The van der Waals surface area contributed by atoms with Gasteiger partial charge in [0.2, 0.25) is 5.12 Å². The number of aromatic nitrogens is 1. The summed E-state index contributed by atoms with van der Waals surface area (Å²) in [5.74, 6) is 1.10. The molecule has 0 amide bonds. The van der Waals surface area contributed by atoms with E-state index >= 15 is 0 Å². The quantitative estimate of drug-likeness (QED) is 0.626. The third-order valence-electron chi connectivity index (χ3n) is 1.63. The maximum Gasteiger partial charge on any atom is 0.223 e. The molecule has 56 valence electrons. The first-order valence-electron chi connectivity index (χ1n) is 3.19. The Morgan fingerprint density at radius 2 is 2.45 bits per heavy atom. The zero-order chi connectivity index (χ0) is 7.84. The number of nitrogens with two attached hydrogens (primary N) is 1. The molecular formula is C7H6N2OS. The smallest absolute Gasteiger partial charge is 0.223 e. The first-order valence-corrected chi connectivity index (χ1v) is 4.18. The summed E-state index contributed by atoms with van der Waals surface area (Å²) in [7, 11) is 0. The summed E-state index contributed by atoms with van der Waals surface area (Å²) in [6.07, 6.45) is 1.63.